The monoisotopic (exact) mass is 278 g/mol. The van der Waals surface area contributed by atoms with Gasteiger partial charge in [-0.3, -0.25) is 4.79 Å². The molecular formula is C13H14N2O3S. The molecule has 2 N–H and O–H groups in total. The molecule has 5 nitrogen and oxygen atoms in total. The van der Waals surface area contributed by atoms with Gasteiger partial charge in [-0.15, -0.1) is 11.3 Å². The quantitative estimate of drug-likeness (QED) is 0.879. The summed E-state index contributed by atoms with van der Waals surface area (Å²) in [6, 6.07) is 5.29. The van der Waals surface area contributed by atoms with E-state index in [4.69, 9.17) is 9.84 Å². The van der Waals surface area contributed by atoms with Gasteiger partial charge in [0.05, 0.1) is 18.7 Å². The number of nitrogens with one attached hydrogen (secondary N) is 1. The third-order valence-corrected chi connectivity index (χ3v) is 3.46. The topological polar surface area (TPSA) is 71.5 Å². The second kappa shape index (κ2) is 5.71. The Morgan fingerprint density at radius 2 is 2.32 bits per heavy atom. The summed E-state index contributed by atoms with van der Waals surface area (Å²) in [6.45, 7) is 1.65. The van der Waals surface area contributed by atoms with Gasteiger partial charge in [-0.05, 0) is 24.6 Å². The standard InChI is InChI=1S/C13H14N2O3S/c1-8(12(16)17)9-3-4-11(18-2)10(7-9)15-13-14-5-6-19-13/h3-8H,1-2H3,(H,14,15)(H,16,17). The lowest BCUT2D eigenvalue weighted by Gasteiger charge is -2.13. The van der Waals surface area contributed by atoms with E-state index in [1.165, 1.54) is 11.3 Å². The smallest absolute Gasteiger partial charge is 0.310 e. The summed E-state index contributed by atoms with van der Waals surface area (Å²) in [5.41, 5.74) is 1.43. The largest absolute Gasteiger partial charge is 0.495 e. The number of hydrogen-bond donors (Lipinski definition) is 2. The van der Waals surface area contributed by atoms with E-state index in [1.54, 1.807) is 38.4 Å². The van der Waals surface area contributed by atoms with Crippen LogP contribution in [0.5, 0.6) is 5.75 Å². The second-order valence-corrected chi connectivity index (χ2v) is 4.88. The van der Waals surface area contributed by atoms with E-state index < -0.39 is 11.9 Å². The van der Waals surface area contributed by atoms with Gasteiger partial charge in [-0.2, -0.15) is 0 Å². The van der Waals surface area contributed by atoms with E-state index in [9.17, 15) is 4.79 Å². The molecule has 0 aliphatic heterocycles. The van der Waals surface area contributed by atoms with Gasteiger partial charge in [-0.25, -0.2) is 4.98 Å². The van der Waals surface area contributed by atoms with Gasteiger partial charge in [0.15, 0.2) is 5.13 Å². The average molecular weight is 278 g/mol. The lowest BCUT2D eigenvalue weighted by atomic mass is 10.0. The number of ether oxygens (including phenoxy) is 1. The number of benzene rings is 1. The molecule has 6 heteroatoms. The molecule has 0 aliphatic carbocycles. The zero-order valence-electron chi connectivity index (χ0n) is 10.6. The van der Waals surface area contributed by atoms with Gasteiger partial charge in [0.1, 0.15) is 5.75 Å². The minimum absolute atomic E-state index is 0.567. The van der Waals surface area contributed by atoms with Crippen LogP contribution in [0.3, 0.4) is 0 Å². The zero-order valence-corrected chi connectivity index (χ0v) is 11.4. The Labute approximate surface area is 114 Å². The summed E-state index contributed by atoms with van der Waals surface area (Å²) in [7, 11) is 1.57. The lowest BCUT2D eigenvalue weighted by molar-refractivity contribution is -0.138. The Kier molecular flexibility index (Phi) is 4.01. The van der Waals surface area contributed by atoms with Gasteiger partial charge in [0, 0.05) is 11.6 Å². The molecule has 2 aromatic rings. The van der Waals surface area contributed by atoms with Crippen molar-refractivity contribution in [2.45, 2.75) is 12.8 Å². The number of carbonyl (C=O) groups is 1. The van der Waals surface area contributed by atoms with Crippen molar-refractivity contribution < 1.29 is 14.6 Å². The highest BCUT2D eigenvalue weighted by Gasteiger charge is 2.16. The summed E-state index contributed by atoms with van der Waals surface area (Å²) >= 11 is 1.46. The van der Waals surface area contributed by atoms with Crippen LogP contribution in [0.4, 0.5) is 10.8 Å². The van der Waals surface area contributed by atoms with Crippen molar-refractivity contribution in [1.29, 1.82) is 0 Å². The first kappa shape index (κ1) is 13.4. The van der Waals surface area contributed by atoms with Crippen LogP contribution < -0.4 is 10.1 Å². The molecular weight excluding hydrogens is 264 g/mol. The van der Waals surface area contributed by atoms with Crippen LogP contribution >= 0.6 is 11.3 Å². The molecule has 1 aromatic carbocycles. The molecule has 1 aromatic heterocycles. The first-order chi connectivity index (χ1) is 9.11. The number of thiazole rings is 1. The number of rotatable bonds is 5. The molecule has 1 atom stereocenters. The normalized spacial score (nSPS) is 11.9. The fourth-order valence-corrected chi connectivity index (χ4v) is 2.18. The Hall–Kier alpha value is -2.08. The van der Waals surface area contributed by atoms with Crippen LogP contribution in [-0.4, -0.2) is 23.2 Å². The van der Waals surface area contributed by atoms with E-state index in [0.29, 0.717) is 17.0 Å². The summed E-state index contributed by atoms with van der Waals surface area (Å²) in [4.78, 5) is 15.2. The maximum absolute atomic E-state index is 11.0. The molecule has 19 heavy (non-hydrogen) atoms. The van der Waals surface area contributed by atoms with Gasteiger partial charge in [0.25, 0.3) is 0 Å². The first-order valence-electron chi connectivity index (χ1n) is 5.69. The number of carboxylic acid groups (broad SMARTS) is 1. The Bertz CT molecular complexity index is 569. The molecule has 0 aliphatic rings. The van der Waals surface area contributed by atoms with Crippen LogP contribution in [0.15, 0.2) is 29.8 Å². The van der Waals surface area contributed by atoms with Gasteiger partial charge < -0.3 is 15.2 Å². The van der Waals surface area contributed by atoms with Crippen LogP contribution in [0, 0.1) is 0 Å². The Balaban J connectivity index is 2.33. The SMILES string of the molecule is COc1ccc(C(C)C(=O)O)cc1Nc1nccs1. The molecule has 0 fully saturated rings. The number of aliphatic carboxylic acids is 1. The predicted molar refractivity (Wildman–Crippen MR) is 74.4 cm³/mol. The summed E-state index contributed by atoms with van der Waals surface area (Å²) in [6.07, 6.45) is 1.70. The van der Waals surface area contributed by atoms with E-state index in [2.05, 4.69) is 10.3 Å². The Morgan fingerprint density at radius 1 is 1.53 bits per heavy atom. The highest BCUT2D eigenvalue weighted by Crippen LogP contribution is 2.31. The van der Waals surface area contributed by atoms with E-state index >= 15 is 0 Å². The molecule has 0 radical (unpaired) electrons. The van der Waals surface area contributed by atoms with E-state index in [0.717, 1.165) is 5.13 Å². The third kappa shape index (κ3) is 3.03. The van der Waals surface area contributed by atoms with Gasteiger partial charge in [0.2, 0.25) is 0 Å². The number of aromatic nitrogens is 1. The Morgan fingerprint density at radius 3 is 2.89 bits per heavy atom. The van der Waals surface area contributed by atoms with Gasteiger partial charge in [-0.1, -0.05) is 6.07 Å². The molecule has 2 rings (SSSR count). The van der Waals surface area contributed by atoms with Crippen molar-refractivity contribution in [3.05, 3.63) is 35.3 Å². The van der Waals surface area contributed by atoms with E-state index in [-0.39, 0.29) is 0 Å². The van der Waals surface area contributed by atoms with Crippen molar-refractivity contribution in [3.63, 3.8) is 0 Å². The fourth-order valence-electron chi connectivity index (χ4n) is 1.64. The van der Waals surface area contributed by atoms with Crippen molar-refractivity contribution in [3.8, 4) is 5.75 Å². The summed E-state index contributed by atoms with van der Waals surface area (Å²) in [5.74, 6) is -0.773. The molecule has 0 saturated carbocycles. The third-order valence-electron chi connectivity index (χ3n) is 2.77. The van der Waals surface area contributed by atoms with Crippen LogP contribution in [0.2, 0.25) is 0 Å². The maximum Gasteiger partial charge on any atom is 0.310 e. The molecule has 1 heterocycles. The average Bonchev–Trinajstić information content (AvgIpc) is 2.90. The predicted octanol–water partition coefficient (Wildman–Crippen LogP) is 3.08. The minimum atomic E-state index is -0.856. The summed E-state index contributed by atoms with van der Waals surface area (Å²) < 4.78 is 5.26. The fraction of sp³-hybridized carbons (Fsp3) is 0.231. The maximum atomic E-state index is 11.0. The van der Waals surface area contributed by atoms with Crippen LogP contribution in [0.1, 0.15) is 18.4 Å². The van der Waals surface area contributed by atoms with Crippen LogP contribution in [-0.2, 0) is 4.79 Å². The van der Waals surface area contributed by atoms with Crippen molar-refractivity contribution in [1.82, 2.24) is 4.98 Å². The van der Waals surface area contributed by atoms with E-state index in [1.807, 2.05) is 5.38 Å². The van der Waals surface area contributed by atoms with Crippen molar-refractivity contribution >= 4 is 28.1 Å². The second-order valence-electron chi connectivity index (χ2n) is 3.98. The highest BCUT2D eigenvalue weighted by molar-refractivity contribution is 7.13. The molecule has 1 unspecified atom stereocenters. The number of nitrogens with zero attached hydrogens (tertiary/aromatic N) is 1. The van der Waals surface area contributed by atoms with Crippen molar-refractivity contribution in [2.75, 3.05) is 12.4 Å². The van der Waals surface area contributed by atoms with Gasteiger partial charge >= 0.3 is 5.97 Å². The number of hydrogen-bond acceptors (Lipinski definition) is 5. The van der Waals surface area contributed by atoms with Crippen LogP contribution in [0.25, 0.3) is 0 Å². The minimum Gasteiger partial charge on any atom is -0.495 e. The molecule has 0 amide bonds. The highest BCUT2D eigenvalue weighted by atomic mass is 32.1. The number of anilines is 2. The first-order valence-corrected chi connectivity index (χ1v) is 6.57. The molecule has 0 saturated heterocycles. The number of carboxylic acids is 1. The summed E-state index contributed by atoms with van der Waals surface area (Å²) in [5, 5.41) is 14.8. The number of methoxy groups -OCH3 is 1. The van der Waals surface area contributed by atoms with Crippen molar-refractivity contribution in [2.24, 2.45) is 0 Å². The lowest BCUT2D eigenvalue weighted by Crippen LogP contribution is -2.08. The zero-order chi connectivity index (χ0) is 13.8. The molecule has 0 spiro atoms. The molecule has 0 bridgehead atoms. The molecule has 100 valence electrons.